The molecule has 0 aromatic heterocycles. The van der Waals surface area contributed by atoms with Gasteiger partial charge in [0.05, 0.1) is 0 Å². The van der Waals surface area contributed by atoms with Crippen LogP contribution in [0.15, 0.2) is 51.4 Å². The lowest BCUT2D eigenvalue weighted by molar-refractivity contribution is 0.216. The maximum atomic E-state index is 5.69. The molecule has 0 radical (unpaired) electrons. The molecule has 5 heteroatoms. The lowest BCUT2D eigenvalue weighted by atomic mass is 10.2. The van der Waals surface area contributed by atoms with Crippen LogP contribution < -0.4 is 15.2 Å². The van der Waals surface area contributed by atoms with Crippen LogP contribution in [0.4, 0.5) is 0 Å². The van der Waals surface area contributed by atoms with Gasteiger partial charge in [-0.2, -0.15) is 0 Å². The molecule has 2 rings (SSSR count). The molecule has 0 amide bonds. The molecule has 0 heterocycles. The smallest absolute Gasteiger partial charge is 0.124 e. The predicted octanol–water partition coefficient (Wildman–Crippen LogP) is 4.13. The minimum atomic E-state index is 0.447. The number of hydrogen-bond acceptors (Lipinski definition) is 3. The van der Waals surface area contributed by atoms with Gasteiger partial charge in [-0.15, -0.1) is 0 Å². The minimum Gasteiger partial charge on any atom is -0.490 e. The third kappa shape index (κ3) is 4.51. The van der Waals surface area contributed by atoms with Crippen molar-refractivity contribution in [3.05, 3.63) is 57.0 Å². The van der Waals surface area contributed by atoms with Gasteiger partial charge in [0.1, 0.15) is 24.7 Å². The number of ether oxygens (including phenoxy) is 2. The Hall–Kier alpha value is -1.04. The van der Waals surface area contributed by atoms with Gasteiger partial charge >= 0.3 is 0 Å². The van der Waals surface area contributed by atoms with Crippen LogP contribution in [0, 0.1) is 0 Å². The van der Waals surface area contributed by atoms with Crippen molar-refractivity contribution in [1.82, 2.24) is 0 Å². The number of halogens is 2. The summed E-state index contributed by atoms with van der Waals surface area (Å²) in [6, 6.07) is 13.5. The van der Waals surface area contributed by atoms with Gasteiger partial charge in [-0.25, -0.2) is 0 Å². The van der Waals surface area contributed by atoms with Gasteiger partial charge in [-0.05, 0) is 42.5 Å². The summed E-state index contributed by atoms with van der Waals surface area (Å²) in [5.74, 6) is 1.63. The molecule has 0 saturated heterocycles. The quantitative estimate of drug-likeness (QED) is 0.741. The molecule has 0 saturated carbocycles. The molecule has 0 aliphatic rings. The molecule has 106 valence electrons. The zero-order valence-corrected chi connectivity index (χ0v) is 14.0. The summed E-state index contributed by atoms with van der Waals surface area (Å²) in [7, 11) is 0. The average Bonchev–Trinajstić information content (AvgIpc) is 2.46. The summed E-state index contributed by atoms with van der Waals surface area (Å²) in [5, 5.41) is 0. The first kappa shape index (κ1) is 15.4. The summed E-state index contributed by atoms with van der Waals surface area (Å²) in [4.78, 5) is 0. The van der Waals surface area contributed by atoms with Crippen LogP contribution in [-0.2, 0) is 6.54 Å². The highest BCUT2D eigenvalue weighted by Crippen LogP contribution is 2.23. The van der Waals surface area contributed by atoms with Crippen molar-refractivity contribution in [2.75, 3.05) is 13.2 Å². The van der Waals surface area contributed by atoms with E-state index >= 15 is 0 Å². The van der Waals surface area contributed by atoms with E-state index < -0.39 is 0 Å². The third-order valence-electron chi connectivity index (χ3n) is 2.67. The summed E-state index contributed by atoms with van der Waals surface area (Å²) < 4.78 is 13.3. The van der Waals surface area contributed by atoms with Crippen molar-refractivity contribution in [3.8, 4) is 11.5 Å². The second-order valence-corrected chi connectivity index (χ2v) is 5.94. The highest BCUT2D eigenvalue weighted by molar-refractivity contribution is 9.10. The van der Waals surface area contributed by atoms with Crippen molar-refractivity contribution < 1.29 is 9.47 Å². The van der Waals surface area contributed by atoms with Crippen molar-refractivity contribution in [3.63, 3.8) is 0 Å². The summed E-state index contributed by atoms with van der Waals surface area (Å²) in [6.45, 7) is 1.41. The largest absolute Gasteiger partial charge is 0.490 e. The minimum absolute atomic E-state index is 0.447. The van der Waals surface area contributed by atoms with E-state index in [-0.39, 0.29) is 0 Å². The molecule has 2 aromatic rings. The lowest BCUT2D eigenvalue weighted by Gasteiger charge is -2.11. The first-order chi connectivity index (χ1) is 9.69. The number of nitrogens with two attached hydrogens (primary N) is 1. The van der Waals surface area contributed by atoms with Crippen LogP contribution in [0.25, 0.3) is 0 Å². The van der Waals surface area contributed by atoms with Gasteiger partial charge in [0, 0.05) is 21.1 Å². The highest BCUT2D eigenvalue weighted by Gasteiger charge is 2.03. The Kier molecular flexibility index (Phi) is 5.88. The maximum Gasteiger partial charge on any atom is 0.124 e. The zero-order valence-electron chi connectivity index (χ0n) is 10.8. The molecule has 2 N–H and O–H groups in total. The number of benzene rings is 2. The van der Waals surface area contributed by atoms with Crippen LogP contribution in [0.1, 0.15) is 5.56 Å². The van der Waals surface area contributed by atoms with E-state index in [4.69, 9.17) is 15.2 Å². The van der Waals surface area contributed by atoms with E-state index in [1.54, 1.807) is 0 Å². The topological polar surface area (TPSA) is 44.5 Å². The molecular formula is C15H15Br2NO2. The molecule has 0 atom stereocenters. The normalized spacial score (nSPS) is 10.3. The second kappa shape index (κ2) is 7.67. The number of hydrogen-bond donors (Lipinski definition) is 1. The van der Waals surface area contributed by atoms with Gasteiger partial charge in [0.15, 0.2) is 0 Å². The molecular weight excluding hydrogens is 386 g/mol. The zero-order chi connectivity index (χ0) is 14.4. The molecule has 0 aliphatic carbocycles. The predicted molar refractivity (Wildman–Crippen MR) is 87.2 cm³/mol. The molecule has 0 bridgehead atoms. The number of rotatable bonds is 6. The molecule has 0 spiro atoms. The van der Waals surface area contributed by atoms with Gasteiger partial charge < -0.3 is 15.2 Å². The Labute approximate surface area is 135 Å². The van der Waals surface area contributed by atoms with Gasteiger partial charge in [-0.3, -0.25) is 0 Å². The molecule has 20 heavy (non-hydrogen) atoms. The first-order valence-corrected chi connectivity index (χ1v) is 7.77. The van der Waals surface area contributed by atoms with Crippen LogP contribution in [0.5, 0.6) is 11.5 Å². The van der Waals surface area contributed by atoms with Gasteiger partial charge in [0.25, 0.3) is 0 Å². The Morgan fingerprint density at radius 3 is 2.20 bits per heavy atom. The summed E-state index contributed by atoms with van der Waals surface area (Å²) >= 11 is 6.80. The van der Waals surface area contributed by atoms with E-state index in [9.17, 15) is 0 Å². The Morgan fingerprint density at radius 1 is 0.850 bits per heavy atom. The molecule has 0 unspecified atom stereocenters. The van der Waals surface area contributed by atoms with Crippen molar-refractivity contribution >= 4 is 31.9 Å². The van der Waals surface area contributed by atoms with Crippen LogP contribution in [-0.4, -0.2) is 13.2 Å². The van der Waals surface area contributed by atoms with Gasteiger partial charge in [0.2, 0.25) is 0 Å². The Morgan fingerprint density at radius 2 is 1.50 bits per heavy atom. The monoisotopic (exact) mass is 399 g/mol. The fraction of sp³-hybridized carbons (Fsp3) is 0.200. The second-order valence-electron chi connectivity index (χ2n) is 4.11. The summed E-state index contributed by atoms with van der Waals surface area (Å²) in [5.41, 5.74) is 6.67. The van der Waals surface area contributed by atoms with E-state index in [0.717, 1.165) is 26.0 Å². The SMILES string of the molecule is NCc1cc(Br)ccc1OCCOc1ccc(Br)cc1. The van der Waals surface area contributed by atoms with E-state index in [1.165, 1.54) is 0 Å². The lowest BCUT2D eigenvalue weighted by Crippen LogP contribution is -2.10. The molecule has 0 aliphatic heterocycles. The van der Waals surface area contributed by atoms with Crippen LogP contribution in [0.3, 0.4) is 0 Å². The maximum absolute atomic E-state index is 5.69. The van der Waals surface area contributed by atoms with E-state index in [2.05, 4.69) is 31.9 Å². The summed E-state index contributed by atoms with van der Waals surface area (Å²) in [6.07, 6.45) is 0. The van der Waals surface area contributed by atoms with Crippen molar-refractivity contribution in [2.24, 2.45) is 5.73 Å². The fourth-order valence-corrected chi connectivity index (χ4v) is 2.36. The van der Waals surface area contributed by atoms with Crippen molar-refractivity contribution in [2.45, 2.75) is 6.54 Å². The molecule has 3 nitrogen and oxygen atoms in total. The standard InChI is InChI=1S/C15H15Br2NO2/c16-12-1-4-14(5-2-12)19-7-8-20-15-6-3-13(17)9-11(15)10-18/h1-6,9H,7-8,10,18H2. The Balaban J connectivity index is 1.82. The Bertz CT molecular complexity index is 558. The first-order valence-electron chi connectivity index (χ1n) is 6.18. The highest BCUT2D eigenvalue weighted by atomic mass is 79.9. The third-order valence-corrected chi connectivity index (χ3v) is 3.69. The van der Waals surface area contributed by atoms with E-state index in [0.29, 0.717) is 19.8 Å². The van der Waals surface area contributed by atoms with Crippen molar-refractivity contribution in [1.29, 1.82) is 0 Å². The molecule has 2 aromatic carbocycles. The van der Waals surface area contributed by atoms with Crippen LogP contribution >= 0.6 is 31.9 Å². The van der Waals surface area contributed by atoms with Gasteiger partial charge in [-0.1, -0.05) is 31.9 Å². The van der Waals surface area contributed by atoms with Crippen LogP contribution in [0.2, 0.25) is 0 Å². The average molecular weight is 401 g/mol. The fourth-order valence-electron chi connectivity index (χ4n) is 1.69. The molecule has 0 fully saturated rings. The van der Waals surface area contributed by atoms with E-state index in [1.807, 2.05) is 42.5 Å².